The van der Waals surface area contributed by atoms with Crippen LogP contribution in [0.1, 0.15) is 24.5 Å². The summed E-state index contributed by atoms with van der Waals surface area (Å²) in [7, 11) is 0. The van der Waals surface area contributed by atoms with Crippen molar-refractivity contribution in [2.45, 2.75) is 27.2 Å². The number of carbonyl (C=O) groups excluding carboxylic acids is 2. The number of likely N-dealkylation sites (N-methyl/N-ethyl adjacent to an activating group) is 1. The Morgan fingerprint density at radius 2 is 1.88 bits per heavy atom. The molecule has 0 spiro atoms. The van der Waals surface area contributed by atoms with E-state index in [0.29, 0.717) is 13.0 Å². The van der Waals surface area contributed by atoms with Gasteiger partial charge in [0.15, 0.2) is 0 Å². The monoisotopic (exact) mass is 329 g/mol. The maximum Gasteiger partial charge on any atom is 0.228 e. The highest BCUT2D eigenvalue weighted by Crippen LogP contribution is 2.29. The number of carbonyl (C=O) groups is 2. The molecule has 5 nitrogen and oxygen atoms in total. The lowest BCUT2D eigenvalue weighted by Gasteiger charge is -2.35. The molecule has 3 rings (SSSR count). The molecule has 1 atom stereocenters. The van der Waals surface area contributed by atoms with Gasteiger partial charge >= 0.3 is 0 Å². The Labute approximate surface area is 144 Å². The van der Waals surface area contributed by atoms with Crippen LogP contribution in [0.4, 0.5) is 5.69 Å². The van der Waals surface area contributed by atoms with E-state index in [1.54, 1.807) is 4.90 Å². The van der Waals surface area contributed by atoms with E-state index in [0.717, 1.165) is 49.5 Å². The summed E-state index contributed by atoms with van der Waals surface area (Å²) in [6.07, 6.45) is 0.334. The molecule has 1 aromatic rings. The van der Waals surface area contributed by atoms with E-state index >= 15 is 0 Å². The zero-order chi connectivity index (χ0) is 17.3. The summed E-state index contributed by atoms with van der Waals surface area (Å²) >= 11 is 0. The molecule has 2 aliphatic rings. The van der Waals surface area contributed by atoms with Crippen LogP contribution in [-0.4, -0.2) is 60.9 Å². The Hall–Kier alpha value is -1.88. The van der Waals surface area contributed by atoms with Crippen LogP contribution in [0, 0.1) is 19.8 Å². The zero-order valence-corrected chi connectivity index (χ0v) is 14.9. The number of nitrogens with zero attached hydrogens (tertiary/aromatic N) is 3. The second kappa shape index (κ2) is 6.93. The second-order valence-electron chi connectivity index (χ2n) is 6.95. The molecule has 0 radical (unpaired) electrons. The van der Waals surface area contributed by atoms with Crippen molar-refractivity contribution in [3.8, 4) is 0 Å². The fraction of sp³-hybridized carbons (Fsp3) is 0.579. The van der Waals surface area contributed by atoms with Crippen LogP contribution >= 0.6 is 0 Å². The molecule has 2 amide bonds. The summed E-state index contributed by atoms with van der Waals surface area (Å²) in [5, 5.41) is 0. The average molecular weight is 329 g/mol. The van der Waals surface area contributed by atoms with Crippen molar-refractivity contribution in [2.24, 2.45) is 5.92 Å². The Bertz CT molecular complexity index is 635. The lowest BCUT2D eigenvalue weighted by atomic mass is 10.1. The first-order valence-corrected chi connectivity index (χ1v) is 8.88. The molecule has 0 aliphatic carbocycles. The van der Waals surface area contributed by atoms with E-state index in [1.807, 2.05) is 30.9 Å². The summed E-state index contributed by atoms with van der Waals surface area (Å²) in [5.41, 5.74) is 3.17. The zero-order valence-electron chi connectivity index (χ0n) is 14.9. The highest BCUT2D eigenvalue weighted by molar-refractivity contribution is 6.00. The molecule has 2 aliphatic heterocycles. The molecule has 0 aromatic heterocycles. The molecule has 5 heteroatoms. The van der Waals surface area contributed by atoms with E-state index in [2.05, 4.69) is 17.9 Å². The van der Waals surface area contributed by atoms with Gasteiger partial charge in [-0.05, 0) is 37.6 Å². The van der Waals surface area contributed by atoms with Crippen molar-refractivity contribution >= 4 is 17.5 Å². The molecule has 1 aromatic carbocycles. The van der Waals surface area contributed by atoms with E-state index in [9.17, 15) is 9.59 Å². The Morgan fingerprint density at radius 1 is 1.17 bits per heavy atom. The minimum atomic E-state index is -0.203. The highest BCUT2D eigenvalue weighted by atomic mass is 16.2. The predicted octanol–water partition coefficient (Wildman–Crippen LogP) is 1.82. The van der Waals surface area contributed by atoms with Gasteiger partial charge in [-0.1, -0.05) is 19.1 Å². The van der Waals surface area contributed by atoms with Crippen LogP contribution in [0.5, 0.6) is 0 Å². The molecule has 2 saturated heterocycles. The Kier molecular flexibility index (Phi) is 4.90. The molecule has 2 fully saturated rings. The first-order valence-electron chi connectivity index (χ1n) is 8.88. The minimum absolute atomic E-state index is 0.0641. The van der Waals surface area contributed by atoms with Gasteiger partial charge in [-0.25, -0.2) is 0 Å². The number of hydrogen-bond donors (Lipinski definition) is 0. The van der Waals surface area contributed by atoms with Gasteiger partial charge in [0.2, 0.25) is 11.8 Å². The average Bonchev–Trinajstić information content (AvgIpc) is 2.98. The topological polar surface area (TPSA) is 43.9 Å². The molecular formula is C19H27N3O2. The standard InChI is InChI=1S/C19H27N3O2/c1-4-20-7-9-21(10-8-20)19(24)16-12-18(23)22(13-16)17-11-14(2)5-6-15(17)3/h5-6,11,16H,4,7-10,12-13H2,1-3H3. The van der Waals surface area contributed by atoms with Crippen LogP contribution in [0.2, 0.25) is 0 Å². The van der Waals surface area contributed by atoms with Gasteiger partial charge in [0.1, 0.15) is 0 Å². The van der Waals surface area contributed by atoms with Gasteiger partial charge in [0, 0.05) is 44.8 Å². The minimum Gasteiger partial charge on any atom is -0.340 e. The van der Waals surface area contributed by atoms with Gasteiger partial charge in [0.25, 0.3) is 0 Å². The summed E-state index contributed by atoms with van der Waals surface area (Å²) in [6, 6.07) is 6.13. The molecule has 1 unspecified atom stereocenters. The molecule has 0 N–H and O–H groups in total. The lowest BCUT2D eigenvalue weighted by Crippen LogP contribution is -2.50. The van der Waals surface area contributed by atoms with Gasteiger partial charge < -0.3 is 14.7 Å². The summed E-state index contributed by atoms with van der Waals surface area (Å²) in [5.74, 6) is 0.00624. The first-order chi connectivity index (χ1) is 11.5. The molecule has 0 bridgehead atoms. The molecular weight excluding hydrogens is 302 g/mol. The summed E-state index contributed by atoms with van der Waals surface area (Å²) in [4.78, 5) is 31.4. The summed E-state index contributed by atoms with van der Waals surface area (Å²) in [6.45, 7) is 11.2. The number of rotatable bonds is 3. The number of piperazine rings is 1. The highest BCUT2D eigenvalue weighted by Gasteiger charge is 2.38. The normalized spacial score (nSPS) is 22.3. The Morgan fingerprint density at radius 3 is 2.54 bits per heavy atom. The SMILES string of the molecule is CCN1CCN(C(=O)C2CC(=O)N(c3cc(C)ccc3C)C2)CC1. The third kappa shape index (κ3) is 3.31. The number of hydrogen-bond acceptors (Lipinski definition) is 3. The van der Waals surface area contributed by atoms with Crippen LogP contribution in [0.3, 0.4) is 0 Å². The van der Waals surface area contributed by atoms with Gasteiger partial charge in [-0.3, -0.25) is 9.59 Å². The van der Waals surface area contributed by atoms with E-state index in [4.69, 9.17) is 0 Å². The molecule has 0 saturated carbocycles. The second-order valence-corrected chi connectivity index (χ2v) is 6.95. The van der Waals surface area contributed by atoms with E-state index in [1.165, 1.54) is 0 Å². The van der Waals surface area contributed by atoms with Crippen LogP contribution < -0.4 is 4.90 Å². The number of aryl methyl sites for hydroxylation is 2. The van der Waals surface area contributed by atoms with E-state index < -0.39 is 0 Å². The molecule has 2 heterocycles. The van der Waals surface area contributed by atoms with Crippen molar-refractivity contribution in [1.82, 2.24) is 9.80 Å². The number of amides is 2. The molecule has 130 valence electrons. The third-order valence-corrected chi connectivity index (χ3v) is 5.26. The third-order valence-electron chi connectivity index (χ3n) is 5.26. The van der Waals surface area contributed by atoms with Crippen molar-refractivity contribution in [3.63, 3.8) is 0 Å². The van der Waals surface area contributed by atoms with Crippen molar-refractivity contribution in [2.75, 3.05) is 44.2 Å². The quantitative estimate of drug-likeness (QED) is 0.850. The van der Waals surface area contributed by atoms with Crippen LogP contribution in [-0.2, 0) is 9.59 Å². The van der Waals surface area contributed by atoms with Crippen molar-refractivity contribution in [1.29, 1.82) is 0 Å². The van der Waals surface area contributed by atoms with Gasteiger partial charge in [-0.2, -0.15) is 0 Å². The Balaban J connectivity index is 1.68. The largest absolute Gasteiger partial charge is 0.340 e. The molecule has 24 heavy (non-hydrogen) atoms. The fourth-order valence-corrected chi connectivity index (χ4v) is 3.66. The van der Waals surface area contributed by atoms with Crippen molar-refractivity contribution < 1.29 is 9.59 Å². The number of benzene rings is 1. The van der Waals surface area contributed by atoms with Gasteiger partial charge in [0.05, 0.1) is 5.92 Å². The smallest absolute Gasteiger partial charge is 0.228 e. The maximum absolute atomic E-state index is 12.8. The first kappa shape index (κ1) is 17.0. The predicted molar refractivity (Wildman–Crippen MR) is 95.1 cm³/mol. The van der Waals surface area contributed by atoms with Crippen LogP contribution in [0.15, 0.2) is 18.2 Å². The lowest BCUT2D eigenvalue weighted by molar-refractivity contribution is -0.137. The summed E-state index contributed by atoms with van der Waals surface area (Å²) < 4.78 is 0. The van der Waals surface area contributed by atoms with Crippen LogP contribution in [0.25, 0.3) is 0 Å². The van der Waals surface area contributed by atoms with Crippen molar-refractivity contribution in [3.05, 3.63) is 29.3 Å². The van der Waals surface area contributed by atoms with E-state index in [-0.39, 0.29) is 17.7 Å². The van der Waals surface area contributed by atoms with Gasteiger partial charge in [-0.15, -0.1) is 0 Å². The fourth-order valence-electron chi connectivity index (χ4n) is 3.66. The maximum atomic E-state index is 12.8. The number of anilines is 1.